The van der Waals surface area contributed by atoms with Gasteiger partial charge < -0.3 is 24.6 Å². The third-order valence-electron chi connectivity index (χ3n) is 7.35. The number of aromatic nitrogens is 6. The van der Waals surface area contributed by atoms with Gasteiger partial charge in [0.1, 0.15) is 22.1 Å². The van der Waals surface area contributed by atoms with E-state index in [1.807, 2.05) is 6.92 Å². The average molecular weight is 688 g/mol. The number of rotatable bonds is 13. The quantitative estimate of drug-likeness (QED) is 0.151. The van der Waals surface area contributed by atoms with Crippen LogP contribution in [0.1, 0.15) is 62.5 Å². The van der Waals surface area contributed by atoms with Crippen LogP contribution in [0.2, 0.25) is 0 Å². The van der Waals surface area contributed by atoms with Gasteiger partial charge in [0.05, 0.1) is 30.5 Å². The van der Waals surface area contributed by atoms with Gasteiger partial charge in [-0.2, -0.15) is 14.6 Å². The molecule has 0 spiro atoms. The highest BCUT2D eigenvalue weighted by molar-refractivity contribution is 7.13. The number of nitrogens with one attached hydrogen (secondary N) is 1. The van der Waals surface area contributed by atoms with E-state index in [0.717, 1.165) is 56.1 Å². The fraction of sp³-hybridized carbons (Fsp3) is 0.400. The van der Waals surface area contributed by atoms with E-state index in [4.69, 9.17) is 14.6 Å². The number of amides is 1. The molecule has 5 rings (SSSR count). The predicted molar refractivity (Wildman–Crippen MR) is 163 cm³/mol. The van der Waals surface area contributed by atoms with Gasteiger partial charge in [0.2, 0.25) is 12.1 Å². The van der Waals surface area contributed by atoms with Gasteiger partial charge in [0, 0.05) is 36.9 Å². The Morgan fingerprint density at radius 3 is 2.58 bits per heavy atom. The molecular formula is C30H31F2N7O8S. The first kappa shape index (κ1) is 34.2. The SMILES string of the molecule is CCOC1CCC(n2cc(NC(=O)c3csc(-c4cnn(COC(=O)C[C@@H](OC(C)=O)C(=O)O)c4)n3)c(-c3nc(F)ccc3F)n2)CC1. The molecule has 4 aromatic rings. The summed E-state index contributed by atoms with van der Waals surface area (Å²) >= 11 is 1.13. The molecule has 0 radical (unpaired) electrons. The van der Waals surface area contributed by atoms with Crippen LogP contribution in [0.5, 0.6) is 0 Å². The number of nitrogens with zero attached hydrogens (tertiary/aromatic N) is 6. The van der Waals surface area contributed by atoms with E-state index < -0.39 is 48.1 Å². The van der Waals surface area contributed by atoms with E-state index in [2.05, 4.69) is 30.2 Å². The molecule has 48 heavy (non-hydrogen) atoms. The zero-order valence-electron chi connectivity index (χ0n) is 25.8. The molecule has 0 bridgehead atoms. The number of pyridine rings is 1. The Kier molecular flexibility index (Phi) is 10.8. The second-order valence-electron chi connectivity index (χ2n) is 10.8. The summed E-state index contributed by atoms with van der Waals surface area (Å²) in [7, 11) is 0. The van der Waals surface area contributed by atoms with Gasteiger partial charge in [0.15, 0.2) is 12.5 Å². The second kappa shape index (κ2) is 15.2. The Bertz CT molecular complexity index is 1800. The van der Waals surface area contributed by atoms with E-state index in [0.29, 0.717) is 17.2 Å². The summed E-state index contributed by atoms with van der Waals surface area (Å²) in [5.41, 5.74) is 0.278. The number of ether oxygens (including phenoxy) is 3. The molecule has 254 valence electrons. The van der Waals surface area contributed by atoms with Crippen molar-refractivity contribution in [1.29, 1.82) is 0 Å². The number of halogens is 2. The second-order valence-corrected chi connectivity index (χ2v) is 11.6. The summed E-state index contributed by atoms with van der Waals surface area (Å²) in [5.74, 6) is -5.61. The van der Waals surface area contributed by atoms with Gasteiger partial charge >= 0.3 is 17.9 Å². The van der Waals surface area contributed by atoms with E-state index >= 15 is 0 Å². The molecule has 0 aromatic carbocycles. The van der Waals surface area contributed by atoms with Crippen molar-refractivity contribution in [2.75, 3.05) is 11.9 Å². The zero-order valence-corrected chi connectivity index (χ0v) is 26.6. The van der Waals surface area contributed by atoms with Crippen molar-refractivity contribution in [1.82, 2.24) is 29.5 Å². The van der Waals surface area contributed by atoms with Crippen LogP contribution in [0.25, 0.3) is 22.0 Å². The molecule has 1 aliphatic rings. The standard InChI is InChI=1S/C30H31F2N7O8S/c1-3-45-19-6-4-18(5-7-19)39-13-21(27(37-39)26-20(31)8-9-24(32)36-26)34-28(42)22-14-48-29(35-22)17-11-33-38(12-17)15-46-25(41)10-23(30(43)44)47-16(2)40/h8-9,11-14,18-19,23H,3-7,10,15H2,1-2H3,(H,34,42)(H,43,44)/t18?,19?,23-/m1/s1. The van der Waals surface area contributed by atoms with E-state index in [-0.39, 0.29) is 41.6 Å². The normalized spacial score (nSPS) is 16.7. The van der Waals surface area contributed by atoms with Gasteiger partial charge in [-0.25, -0.2) is 23.8 Å². The van der Waals surface area contributed by atoms with Crippen molar-refractivity contribution in [2.45, 2.75) is 70.9 Å². The minimum Gasteiger partial charge on any atom is -0.478 e. The van der Waals surface area contributed by atoms with Crippen LogP contribution in [0.3, 0.4) is 0 Å². The molecule has 15 nitrogen and oxygen atoms in total. The van der Waals surface area contributed by atoms with Crippen LogP contribution in [-0.2, 0) is 35.3 Å². The molecule has 1 saturated carbocycles. The Labute approximate surface area is 275 Å². The van der Waals surface area contributed by atoms with Crippen LogP contribution < -0.4 is 5.32 Å². The summed E-state index contributed by atoms with van der Waals surface area (Å²) < 4.78 is 47.1. The topological polar surface area (TPSA) is 190 Å². The molecule has 0 saturated heterocycles. The van der Waals surface area contributed by atoms with Crippen LogP contribution in [0, 0.1) is 11.8 Å². The fourth-order valence-electron chi connectivity index (χ4n) is 5.11. The first-order chi connectivity index (χ1) is 23.0. The molecule has 1 fully saturated rings. The van der Waals surface area contributed by atoms with Gasteiger partial charge in [0.25, 0.3) is 5.91 Å². The number of carbonyl (C=O) groups excluding carboxylic acids is 3. The monoisotopic (exact) mass is 687 g/mol. The summed E-state index contributed by atoms with van der Waals surface area (Å²) in [6.07, 6.45) is 5.39. The highest BCUT2D eigenvalue weighted by Crippen LogP contribution is 2.34. The van der Waals surface area contributed by atoms with E-state index in [1.54, 1.807) is 10.9 Å². The number of hydrogen-bond acceptors (Lipinski definition) is 12. The van der Waals surface area contributed by atoms with Crippen LogP contribution in [-0.4, -0.2) is 77.3 Å². The van der Waals surface area contributed by atoms with Gasteiger partial charge in [-0.15, -0.1) is 11.3 Å². The summed E-state index contributed by atoms with van der Waals surface area (Å²) in [4.78, 5) is 55.7. The highest BCUT2D eigenvalue weighted by Gasteiger charge is 2.28. The lowest BCUT2D eigenvalue weighted by molar-refractivity contribution is -0.168. The predicted octanol–water partition coefficient (Wildman–Crippen LogP) is 4.22. The van der Waals surface area contributed by atoms with Crippen molar-refractivity contribution in [2.24, 2.45) is 0 Å². The number of esters is 2. The molecule has 4 heterocycles. The Hall–Kier alpha value is -5.10. The van der Waals surface area contributed by atoms with Gasteiger partial charge in [-0.1, -0.05) is 0 Å². The number of carboxylic acid groups (broad SMARTS) is 1. The first-order valence-electron chi connectivity index (χ1n) is 14.9. The number of carboxylic acids is 1. The molecule has 18 heteroatoms. The molecule has 2 N–H and O–H groups in total. The first-order valence-corrected chi connectivity index (χ1v) is 15.8. The number of anilines is 1. The summed E-state index contributed by atoms with van der Waals surface area (Å²) in [6, 6.07) is 1.79. The average Bonchev–Trinajstić information content (AvgIpc) is 3.81. The maximum absolute atomic E-state index is 14.8. The van der Waals surface area contributed by atoms with Crippen molar-refractivity contribution >= 4 is 40.8 Å². The van der Waals surface area contributed by atoms with Crippen LogP contribution in [0.15, 0.2) is 36.1 Å². The number of hydrogen-bond donors (Lipinski definition) is 2. The maximum Gasteiger partial charge on any atom is 0.345 e. The number of thiazole rings is 1. The van der Waals surface area contributed by atoms with E-state index in [1.165, 1.54) is 22.5 Å². The molecular weight excluding hydrogens is 656 g/mol. The Morgan fingerprint density at radius 1 is 1.10 bits per heavy atom. The molecule has 1 amide bonds. The lowest BCUT2D eigenvalue weighted by atomic mass is 9.93. The largest absolute Gasteiger partial charge is 0.478 e. The Morgan fingerprint density at radius 2 is 1.88 bits per heavy atom. The minimum atomic E-state index is -1.68. The highest BCUT2D eigenvalue weighted by atomic mass is 32.1. The van der Waals surface area contributed by atoms with Crippen molar-refractivity contribution in [3.63, 3.8) is 0 Å². The molecule has 0 aliphatic heterocycles. The number of carbonyl (C=O) groups is 4. The minimum absolute atomic E-state index is 0.0268. The summed E-state index contributed by atoms with van der Waals surface area (Å²) in [5, 5.41) is 22.3. The molecule has 1 atom stereocenters. The zero-order chi connectivity index (χ0) is 34.4. The molecule has 1 aliphatic carbocycles. The third kappa shape index (κ3) is 8.43. The van der Waals surface area contributed by atoms with Crippen LogP contribution >= 0.6 is 11.3 Å². The maximum atomic E-state index is 14.8. The van der Waals surface area contributed by atoms with Gasteiger partial charge in [-0.05, 0) is 44.7 Å². The third-order valence-corrected chi connectivity index (χ3v) is 8.24. The fourth-order valence-corrected chi connectivity index (χ4v) is 5.89. The van der Waals surface area contributed by atoms with E-state index in [9.17, 15) is 28.0 Å². The lowest BCUT2D eigenvalue weighted by Gasteiger charge is -2.28. The molecule has 0 unspecified atom stereocenters. The van der Waals surface area contributed by atoms with Crippen molar-refractivity contribution < 1.29 is 47.3 Å². The van der Waals surface area contributed by atoms with Crippen LogP contribution in [0.4, 0.5) is 14.5 Å². The lowest BCUT2D eigenvalue weighted by Crippen LogP contribution is -2.29. The Balaban J connectivity index is 1.27. The van der Waals surface area contributed by atoms with Gasteiger partial charge in [-0.3, -0.25) is 19.1 Å². The molecule has 4 aromatic heterocycles. The van der Waals surface area contributed by atoms with Crippen molar-refractivity contribution in [3.8, 4) is 22.0 Å². The summed E-state index contributed by atoms with van der Waals surface area (Å²) in [6.45, 7) is 3.22. The number of aliphatic carboxylic acids is 1. The smallest absolute Gasteiger partial charge is 0.345 e. The van der Waals surface area contributed by atoms with Crippen molar-refractivity contribution in [3.05, 3.63) is 53.6 Å².